The maximum atomic E-state index is 11.3. The molecule has 0 unspecified atom stereocenters. The van der Waals surface area contributed by atoms with Crippen molar-refractivity contribution in [1.82, 2.24) is 10.6 Å². The molecule has 5 nitrogen and oxygen atoms in total. The van der Waals surface area contributed by atoms with E-state index in [9.17, 15) is 9.59 Å². The zero-order chi connectivity index (χ0) is 14.2. The second kappa shape index (κ2) is 7.97. The number of carbonyl (C=O) groups is 2. The highest BCUT2D eigenvalue weighted by Gasteiger charge is 2.19. The first kappa shape index (κ1) is 16.8. The van der Waals surface area contributed by atoms with Crippen molar-refractivity contribution < 1.29 is 14.7 Å². The molecule has 0 aromatic heterocycles. The fourth-order valence-corrected chi connectivity index (χ4v) is 1.39. The highest BCUT2D eigenvalue weighted by Crippen LogP contribution is 2.25. The highest BCUT2D eigenvalue weighted by atomic mass is 35.5. The third-order valence-corrected chi connectivity index (χ3v) is 2.68. The summed E-state index contributed by atoms with van der Waals surface area (Å²) in [5.74, 6) is -0.797. The summed E-state index contributed by atoms with van der Waals surface area (Å²) in [6.07, 6.45) is 1.45. The van der Waals surface area contributed by atoms with E-state index in [1.54, 1.807) is 0 Å². The number of hydrogen-bond donors (Lipinski definition) is 3. The van der Waals surface area contributed by atoms with Gasteiger partial charge in [-0.1, -0.05) is 32.0 Å². The molecule has 0 saturated heterocycles. The average Bonchev–Trinajstić information content (AvgIpc) is 2.23. The van der Waals surface area contributed by atoms with Crippen molar-refractivity contribution in [3.63, 3.8) is 0 Å². The van der Waals surface area contributed by atoms with E-state index in [0.717, 1.165) is 6.42 Å². The minimum Gasteiger partial charge on any atom is -0.481 e. The molecule has 3 N–H and O–H groups in total. The Hall–Kier alpha value is -1.23. The van der Waals surface area contributed by atoms with Crippen LogP contribution < -0.4 is 10.6 Å². The van der Waals surface area contributed by atoms with Crippen LogP contribution in [0.4, 0.5) is 4.79 Å². The summed E-state index contributed by atoms with van der Waals surface area (Å²) in [6.45, 7) is 8.14. The van der Waals surface area contributed by atoms with Crippen LogP contribution >= 0.6 is 11.6 Å². The average molecular weight is 277 g/mol. The van der Waals surface area contributed by atoms with E-state index in [1.807, 2.05) is 13.8 Å². The third kappa shape index (κ3) is 9.96. The van der Waals surface area contributed by atoms with Gasteiger partial charge in [-0.3, -0.25) is 4.79 Å². The molecule has 0 saturated carbocycles. The molecule has 0 rings (SSSR count). The van der Waals surface area contributed by atoms with Crippen molar-refractivity contribution >= 4 is 23.6 Å². The lowest BCUT2D eigenvalue weighted by atomic mass is 9.84. The number of nitrogens with one attached hydrogen (secondary N) is 2. The molecule has 0 aromatic carbocycles. The van der Waals surface area contributed by atoms with E-state index in [2.05, 4.69) is 17.2 Å². The maximum absolute atomic E-state index is 11.3. The Balaban J connectivity index is 3.77. The predicted octanol–water partition coefficient (Wildman–Crippen LogP) is 2.32. The van der Waals surface area contributed by atoms with E-state index in [-0.39, 0.29) is 24.4 Å². The molecule has 0 aliphatic rings. The Morgan fingerprint density at radius 1 is 1.28 bits per heavy atom. The van der Waals surface area contributed by atoms with Gasteiger partial charge in [0.15, 0.2) is 0 Å². The first-order chi connectivity index (χ1) is 8.23. The fraction of sp³-hybridized carbons (Fsp3) is 0.667. The third-order valence-electron chi connectivity index (χ3n) is 2.54. The lowest BCUT2D eigenvalue weighted by molar-refractivity contribution is -0.137. The lowest BCUT2D eigenvalue weighted by Crippen LogP contribution is -2.37. The molecule has 0 heterocycles. The second-order valence-corrected chi connectivity index (χ2v) is 5.47. The lowest BCUT2D eigenvalue weighted by Gasteiger charge is -2.23. The van der Waals surface area contributed by atoms with Gasteiger partial charge in [0.25, 0.3) is 0 Å². The van der Waals surface area contributed by atoms with E-state index in [4.69, 9.17) is 16.7 Å². The Morgan fingerprint density at radius 2 is 1.89 bits per heavy atom. The van der Waals surface area contributed by atoms with E-state index >= 15 is 0 Å². The number of amides is 2. The first-order valence-corrected chi connectivity index (χ1v) is 6.17. The predicted molar refractivity (Wildman–Crippen MR) is 71.7 cm³/mol. The van der Waals surface area contributed by atoms with Gasteiger partial charge in [0.05, 0.1) is 6.54 Å². The van der Waals surface area contributed by atoms with Crippen molar-refractivity contribution in [3.05, 3.63) is 11.6 Å². The summed E-state index contributed by atoms with van der Waals surface area (Å²) in [6, 6.07) is -0.300. The van der Waals surface area contributed by atoms with Crippen molar-refractivity contribution in [2.45, 2.75) is 33.1 Å². The van der Waals surface area contributed by atoms with E-state index < -0.39 is 5.97 Å². The molecule has 18 heavy (non-hydrogen) atoms. The van der Waals surface area contributed by atoms with Gasteiger partial charge < -0.3 is 15.7 Å². The van der Waals surface area contributed by atoms with Crippen LogP contribution in [0.2, 0.25) is 0 Å². The minimum absolute atomic E-state index is 0.109. The van der Waals surface area contributed by atoms with Crippen molar-refractivity contribution in [1.29, 1.82) is 0 Å². The Morgan fingerprint density at radius 3 is 2.39 bits per heavy atom. The number of carboxylic acid groups (broad SMARTS) is 1. The van der Waals surface area contributed by atoms with Gasteiger partial charge in [0, 0.05) is 18.0 Å². The highest BCUT2D eigenvalue weighted by molar-refractivity contribution is 6.29. The number of carboxylic acids is 1. The summed E-state index contributed by atoms with van der Waals surface area (Å²) in [5.41, 5.74) is -0.109. The molecule has 0 aromatic rings. The molecule has 0 atom stereocenters. The second-order valence-electron chi connectivity index (χ2n) is 4.93. The molecule has 0 fully saturated rings. The maximum Gasteiger partial charge on any atom is 0.315 e. The molecular formula is C12H21ClN2O3. The zero-order valence-electron chi connectivity index (χ0n) is 10.9. The van der Waals surface area contributed by atoms with Crippen molar-refractivity contribution in [2.75, 3.05) is 13.1 Å². The molecule has 104 valence electrons. The summed E-state index contributed by atoms with van der Waals surface area (Å²) in [4.78, 5) is 21.8. The number of rotatable bonds is 8. The molecule has 0 aliphatic heterocycles. The summed E-state index contributed by atoms with van der Waals surface area (Å²) in [7, 11) is 0. The summed E-state index contributed by atoms with van der Waals surface area (Å²) in [5, 5.41) is 14.2. The number of hydrogen-bond acceptors (Lipinski definition) is 2. The molecule has 0 spiro atoms. The smallest absolute Gasteiger partial charge is 0.315 e. The van der Waals surface area contributed by atoms with Gasteiger partial charge in [0.2, 0.25) is 0 Å². The Kier molecular flexibility index (Phi) is 7.43. The Labute approximate surface area is 113 Å². The van der Waals surface area contributed by atoms with Crippen LogP contribution in [0.3, 0.4) is 0 Å². The van der Waals surface area contributed by atoms with Gasteiger partial charge in [-0.2, -0.15) is 0 Å². The van der Waals surface area contributed by atoms with Gasteiger partial charge in [-0.25, -0.2) is 4.79 Å². The van der Waals surface area contributed by atoms with E-state index in [1.165, 1.54) is 0 Å². The fourth-order valence-electron chi connectivity index (χ4n) is 1.32. The normalized spacial score (nSPS) is 10.8. The molecule has 0 radical (unpaired) electrons. The Bertz CT molecular complexity index is 316. The number of carbonyl (C=O) groups excluding carboxylic acids is 1. The van der Waals surface area contributed by atoms with Crippen molar-refractivity contribution in [2.24, 2.45) is 5.41 Å². The zero-order valence-corrected chi connectivity index (χ0v) is 11.6. The number of halogens is 1. The van der Waals surface area contributed by atoms with Crippen LogP contribution in [0.25, 0.3) is 0 Å². The first-order valence-electron chi connectivity index (χ1n) is 5.80. The van der Waals surface area contributed by atoms with Crippen molar-refractivity contribution in [3.8, 4) is 0 Å². The van der Waals surface area contributed by atoms with E-state index in [0.29, 0.717) is 18.0 Å². The topological polar surface area (TPSA) is 78.4 Å². The van der Waals surface area contributed by atoms with Crippen LogP contribution in [-0.4, -0.2) is 30.2 Å². The van der Waals surface area contributed by atoms with Crippen LogP contribution in [-0.2, 0) is 4.79 Å². The summed E-state index contributed by atoms with van der Waals surface area (Å²) >= 11 is 5.51. The monoisotopic (exact) mass is 276 g/mol. The SMILES string of the molecule is C=C(Cl)CNC(=O)NCCC(C)(C)CCC(=O)O. The van der Waals surface area contributed by atoms with Crippen LogP contribution in [0, 0.1) is 5.41 Å². The number of aliphatic carboxylic acids is 1. The minimum atomic E-state index is -0.797. The van der Waals surface area contributed by atoms with Crippen LogP contribution in [0.1, 0.15) is 33.1 Å². The van der Waals surface area contributed by atoms with Gasteiger partial charge in [-0.05, 0) is 18.3 Å². The van der Waals surface area contributed by atoms with Gasteiger partial charge in [0.1, 0.15) is 0 Å². The molecule has 2 amide bonds. The molecule has 0 aliphatic carbocycles. The largest absolute Gasteiger partial charge is 0.481 e. The summed E-state index contributed by atoms with van der Waals surface area (Å²) < 4.78 is 0. The molecular weight excluding hydrogens is 256 g/mol. The van der Waals surface area contributed by atoms with Gasteiger partial charge >= 0.3 is 12.0 Å². The molecule has 6 heteroatoms. The van der Waals surface area contributed by atoms with Gasteiger partial charge in [-0.15, -0.1) is 0 Å². The molecule has 0 bridgehead atoms. The number of urea groups is 1. The van der Waals surface area contributed by atoms with Crippen LogP contribution in [0.15, 0.2) is 11.6 Å². The van der Waals surface area contributed by atoms with Crippen LogP contribution in [0.5, 0.6) is 0 Å². The standard InChI is InChI=1S/C12H21ClN2O3/c1-9(13)8-15-11(18)14-7-6-12(2,3)5-4-10(16)17/h1,4-8H2,2-3H3,(H,16,17)(H2,14,15,18). The quantitative estimate of drug-likeness (QED) is 0.637.